The lowest BCUT2D eigenvalue weighted by atomic mass is 9.79. The Hall–Kier alpha value is -8.03. The van der Waals surface area contributed by atoms with Crippen LogP contribution in [0.4, 0.5) is 17.1 Å². The average molecular weight is 1220 g/mol. The molecule has 0 radical (unpaired) electrons. The van der Waals surface area contributed by atoms with E-state index in [4.69, 9.17) is 4.74 Å². The molecule has 1 atom stereocenters. The molecular formula is C76H73N3O6S3. The number of benzene rings is 7. The van der Waals surface area contributed by atoms with Crippen molar-refractivity contribution in [2.45, 2.75) is 132 Å². The predicted octanol–water partition coefficient (Wildman–Crippen LogP) is 20.8. The summed E-state index contributed by atoms with van der Waals surface area (Å²) in [6.45, 7) is 24.0. The molecule has 0 fully saturated rings. The third kappa shape index (κ3) is 9.90. The van der Waals surface area contributed by atoms with Crippen molar-refractivity contribution >= 4 is 124 Å². The quantitative estimate of drug-likeness (QED) is 0.0299. The molecule has 2 aliphatic heterocycles. The lowest BCUT2D eigenvalue weighted by Gasteiger charge is -2.34. The number of allylic oxidation sites excluding steroid dienone is 2. The Morgan fingerprint density at radius 2 is 0.977 bits per heavy atom. The average Bonchev–Trinajstić information content (AvgIpc) is 1.01. The second-order valence-electron chi connectivity index (χ2n) is 25.6. The van der Waals surface area contributed by atoms with Gasteiger partial charge in [-0.25, -0.2) is 14.6 Å². The second kappa shape index (κ2) is 23.2. The molecule has 9 nitrogen and oxygen atoms in total. The van der Waals surface area contributed by atoms with Crippen molar-refractivity contribution < 1.29 is 28.7 Å². The van der Waals surface area contributed by atoms with Crippen LogP contribution >= 0.6 is 34.0 Å². The Kier molecular flexibility index (Phi) is 15.5. The molecule has 88 heavy (non-hydrogen) atoms. The summed E-state index contributed by atoms with van der Waals surface area (Å²) >= 11 is 5.21. The van der Waals surface area contributed by atoms with E-state index < -0.39 is 0 Å². The van der Waals surface area contributed by atoms with E-state index in [1.165, 1.54) is 30.0 Å². The van der Waals surface area contributed by atoms with E-state index in [1.807, 2.05) is 84.9 Å². The Balaban J connectivity index is 1.00. The van der Waals surface area contributed by atoms with Gasteiger partial charge in [-0.15, -0.1) is 34.0 Å². The number of fused-ring (bicyclic) bond motifs is 2. The van der Waals surface area contributed by atoms with Crippen LogP contribution in [0.1, 0.15) is 194 Å². The summed E-state index contributed by atoms with van der Waals surface area (Å²) < 4.78 is 5.74. The predicted molar refractivity (Wildman–Crippen MR) is 367 cm³/mol. The van der Waals surface area contributed by atoms with E-state index in [9.17, 15) is 4.79 Å². The van der Waals surface area contributed by atoms with Gasteiger partial charge in [-0.1, -0.05) is 129 Å². The fourth-order valence-electron chi connectivity index (χ4n) is 14.0. The first-order valence-corrected chi connectivity index (χ1v) is 33.6. The van der Waals surface area contributed by atoms with Gasteiger partial charge in [0, 0.05) is 85.3 Å². The molecule has 0 spiro atoms. The van der Waals surface area contributed by atoms with Crippen molar-refractivity contribution in [1.29, 1.82) is 0 Å². The third-order valence-corrected chi connectivity index (χ3v) is 21.6. The molecule has 0 saturated carbocycles. The van der Waals surface area contributed by atoms with Crippen molar-refractivity contribution in [1.82, 2.24) is 0 Å². The number of nitrogens with one attached hydrogen (secondary N) is 1. The highest BCUT2D eigenvalue weighted by Crippen LogP contribution is 2.54. The smallest absolute Gasteiger partial charge is 0.337 e. The second-order valence-corrected chi connectivity index (χ2v) is 29.1. The number of hydrogen-bond donors (Lipinski definition) is 1. The van der Waals surface area contributed by atoms with Crippen molar-refractivity contribution in [3.63, 3.8) is 0 Å². The lowest BCUT2D eigenvalue weighted by Crippen LogP contribution is -2.42. The molecule has 0 bridgehead atoms. The van der Waals surface area contributed by atoms with Crippen LogP contribution in [0.2, 0.25) is 0 Å². The minimum atomic E-state index is -0.385. The van der Waals surface area contributed by atoms with E-state index in [0.29, 0.717) is 69.0 Å². The molecule has 0 saturated heterocycles. The van der Waals surface area contributed by atoms with Crippen LogP contribution in [0, 0.1) is 12.8 Å². The molecule has 12 heteroatoms. The summed E-state index contributed by atoms with van der Waals surface area (Å²) in [7, 11) is 0. The molecule has 3 aromatic heterocycles. The fraction of sp³-hybridized carbons (Fsp3) is 0.303. The van der Waals surface area contributed by atoms with Crippen LogP contribution in [-0.2, 0) is 9.53 Å². The fourth-order valence-corrected chi connectivity index (χ4v) is 17.0. The molecule has 5 heterocycles. The van der Waals surface area contributed by atoms with Crippen molar-refractivity contribution in [3.8, 4) is 29.9 Å². The van der Waals surface area contributed by atoms with Gasteiger partial charge in [0.25, 0.3) is 23.6 Å². The Bertz CT molecular complexity index is 4570. The molecule has 1 N–H and O–H groups in total. The number of unbranched alkanes of at least 4 members (excludes halogenated alkanes) is 3. The summed E-state index contributed by atoms with van der Waals surface area (Å²) in [6.07, 6.45) is 8.08. The highest BCUT2D eigenvalue weighted by Gasteiger charge is 2.42. The largest absolute Gasteiger partial charge is 0.462 e. The van der Waals surface area contributed by atoms with Gasteiger partial charge in [0.15, 0.2) is 0 Å². The monoisotopic (exact) mass is 1220 g/mol. The zero-order valence-corrected chi connectivity index (χ0v) is 54.4. The molecule has 4 amide bonds. The highest BCUT2D eigenvalue weighted by atomic mass is 32.1. The van der Waals surface area contributed by atoms with Crippen LogP contribution in [0.3, 0.4) is 0 Å². The van der Waals surface area contributed by atoms with Gasteiger partial charge in [-0.05, 0) is 180 Å². The van der Waals surface area contributed by atoms with Gasteiger partial charge in [-0.2, -0.15) is 0 Å². The summed E-state index contributed by atoms with van der Waals surface area (Å²) in [5.41, 5.74) is 10.1. The molecule has 7 aromatic carbocycles. The zero-order valence-electron chi connectivity index (χ0n) is 52.0. The van der Waals surface area contributed by atoms with Crippen LogP contribution in [0.15, 0.2) is 132 Å². The van der Waals surface area contributed by atoms with Gasteiger partial charge in [0.2, 0.25) is 0 Å². The number of thiophene rings is 3. The lowest BCUT2D eigenvalue weighted by molar-refractivity contribution is -0.138. The maximum absolute atomic E-state index is 16.0. The van der Waals surface area contributed by atoms with E-state index >= 15 is 19.2 Å². The number of nitrogens with zero attached hydrogens (tertiary/aromatic N) is 2. The van der Waals surface area contributed by atoms with Crippen LogP contribution in [0.25, 0.3) is 73.0 Å². The van der Waals surface area contributed by atoms with E-state index in [2.05, 4.69) is 118 Å². The minimum absolute atomic E-state index is 0.0184. The minimum Gasteiger partial charge on any atom is -0.462 e. The number of amides is 4. The van der Waals surface area contributed by atoms with E-state index in [-0.39, 0.29) is 53.3 Å². The normalized spacial score (nSPS) is 15.3. The number of anilines is 3. The Labute approximate surface area is 527 Å². The summed E-state index contributed by atoms with van der Waals surface area (Å²) in [5, 5.41) is 9.88. The van der Waals surface area contributed by atoms with Crippen LogP contribution in [-0.4, -0.2) is 42.7 Å². The number of imide groups is 2. The number of rotatable bonds is 18. The number of ether oxygens (including phenoxy) is 1. The number of esters is 1. The maximum Gasteiger partial charge on any atom is 0.337 e. The number of carbonyl (C=O) groups excluding carboxylic acids is 5. The first-order valence-electron chi connectivity index (χ1n) is 31.2. The number of aryl methyl sites for hydroxylation is 1. The standard InChI is InChI=1S/C76H73N3O6S3/c1-39(2)47-18-16-19-48(40(3)4)70(47)78-72(80)53-26-24-52-67-58(77-32-14-12-13-15-33-85-76(84)46-35-43(9)34-44(10)36-46)38-57-66-54(73(81)79(75(57)83)71-49(41(5)6)20-17-21-50(71)42(7)8)25-23-51(69(66)67)64-55(37-56(74(78)82)65(53)68(52)64)59-28-29-62(87-59)63-31-30-61(88-63)60-27-22-45(11)86-60/h16-31,35-43,77H,12-15,32-34H2,1-11H3. The molecule has 446 valence electrons. The molecular weight excluding hydrogens is 1150 g/mol. The summed E-state index contributed by atoms with van der Waals surface area (Å²) in [5.74, 6) is -1.41. The van der Waals surface area contributed by atoms with Crippen LogP contribution < -0.4 is 15.1 Å². The third-order valence-electron chi connectivity index (χ3n) is 18.0. The molecule has 1 aliphatic carbocycles. The number of hydrogen-bond acceptors (Lipinski definition) is 10. The van der Waals surface area contributed by atoms with Gasteiger partial charge in [-0.3, -0.25) is 19.2 Å². The molecule has 13 rings (SSSR count). The highest BCUT2D eigenvalue weighted by molar-refractivity contribution is 7.27. The SMILES string of the molecule is CC1=CC(C(=O)OCCCCCCNc2cc3c4c(ccc5c6c(-c7ccc(-c8ccc(-c9ccc(C)s9)s8)s7)cc7c8c(ccc(c2c45)c86)C(=O)N(c2c(C(C)C)cccc2C(C)C)C7=O)C(=O)N(c2c(C(C)C)cccc2C(C)C)C3=O)=CC(C)C1. The van der Waals surface area contributed by atoms with E-state index in [0.717, 1.165) is 113 Å². The summed E-state index contributed by atoms with van der Waals surface area (Å²) in [4.78, 5) is 86.0. The van der Waals surface area contributed by atoms with Crippen LogP contribution in [0.5, 0.6) is 0 Å². The van der Waals surface area contributed by atoms with Crippen molar-refractivity contribution in [2.24, 2.45) is 5.92 Å². The Morgan fingerprint density at radius 1 is 0.511 bits per heavy atom. The molecule has 10 aromatic rings. The molecule has 1 unspecified atom stereocenters. The first kappa shape index (κ1) is 59.0. The maximum atomic E-state index is 16.0. The Morgan fingerprint density at radius 3 is 1.50 bits per heavy atom. The van der Waals surface area contributed by atoms with Gasteiger partial charge in [0.1, 0.15) is 0 Å². The molecule has 3 aliphatic rings. The van der Waals surface area contributed by atoms with Gasteiger partial charge in [0.05, 0.1) is 29.1 Å². The first-order chi connectivity index (χ1) is 42.3. The summed E-state index contributed by atoms with van der Waals surface area (Å²) in [6, 6.07) is 37.0. The zero-order chi connectivity index (χ0) is 61.7. The van der Waals surface area contributed by atoms with E-state index in [1.54, 1.807) is 34.0 Å². The topological polar surface area (TPSA) is 113 Å². The van der Waals surface area contributed by atoms with Crippen molar-refractivity contribution in [3.05, 3.63) is 182 Å². The van der Waals surface area contributed by atoms with Crippen molar-refractivity contribution in [2.75, 3.05) is 28.3 Å². The van der Waals surface area contributed by atoms with Gasteiger partial charge < -0.3 is 10.1 Å². The van der Waals surface area contributed by atoms with Gasteiger partial charge >= 0.3 is 5.97 Å². The number of carbonyl (C=O) groups is 5. The number of para-hydroxylation sites is 2.